The minimum atomic E-state index is -4.55. The second-order valence-corrected chi connectivity index (χ2v) is 9.63. The zero-order chi connectivity index (χ0) is 22.1. The van der Waals surface area contributed by atoms with E-state index in [1.807, 2.05) is 24.6 Å². The maximum absolute atomic E-state index is 13.3. The Kier molecular flexibility index (Phi) is 4.82. The molecule has 1 saturated heterocycles. The number of rotatable bonds is 5. The quantitative estimate of drug-likeness (QED) is 0.751. The van der Waals surface area contributed by atoms with E-state index in [9.17, 15) is 18.3 Å². The molecule has 1 aliphatic heterocycles. The van der Waals surface area contributed by atoms with Gasteiger partial charge in [-0.05, 0) is 50.7 Å². The second kappa shape index (κ2) is 7.20. The summed E-state index contributed by atoms with van der Waals surface area (Å²) < 4.78 is 41.8. The Labute approximate surface area is 179 Å². The zero-order valence-corrected chi connectivity index (χ0v) is 17.7. The minimum absolute atomic E-state index is 0.116. The van der Waals surface area contributed by atoms with E-state index in [4.69, 9.17) is 5.73 Å². The van der Waals surface area contributed by atoms with Gasteiger partial charge in [0, 0.05) is 61.1 Å². The lowest BCUT2D eigenvalue weighted by Crippen LogP contribution is -2.52. The first kappa shape index (κ1) is 20.8. The largest absolute Gasteiger partial charge is 0.419 e. The number of nitrogens with two attached hydrogens (primary N) is 1. The first-order valence-corrected chi connectivity index (χ1v) is 10.9. The van der Waals surface area contributed by atoms with Crippen molar-refractivity contribution in [2.75, 3.05) is 25.4 Å². The van der Waals surface area contributed by atoms with Gasteiger partial charge >= 0.3 is 6.18 Å². The number of aromatic nitrogens is 3. The van der Waals surface area contributed by atoms with E-state index in [-0.39, 0.29) is 12.6 Å². The standard InChI is InChI=1S/C22H28F3N5O/c1-11(2)30-19(20-15-4-14(5-16(15)20)29-8-12(9-29)10-31)6-18(28-30)13-3-17(22(23,24)25)21(26)27-7-13/h3,6-7,11-12,14-16,20,31H,4-5,8-10H2,1-2H3,(H2,26,27)/t14-,15-,16+,20+. The summed E-state index contributed by atoms with van der Waals surface area (Å²) >= 11 is 0. The SMILES string of the molecule is CC(C)n1nc(-c2cnc(N)c(C(F)(F)F)c2)cc1[C@H]1[C@@H]2C[C@@H](N3CC(CO)C3)C[C@@H]21. The van der Waals surface area contributed by atoms with Crippen LogP contribution in [0.2, 0.25) is 0 Å². The van der Waals surface area contributed by atoms with Crippen LogP contribution in [-0.2, 0) is 6.18 Å². The fraction of sp³-hybridized carbons (Fsp3) is 0.636. The van der Waals surface area contributed by atoms with Crippen LogP contribution < -0.4 is 5.73 Å². The van der Waals surface area contributed by atoms with Crippen LogP contribution in [0.1, 0.15) is 49.9 Å². The molecule has 3 N–H and O–H groups in total. The Hall–Kier alpha value is -2.13. The van der Waals surface area contributed by atoms with Gasteiger partial charge in [0.25, 0.3) is 0 Å². The van der Waals surface area contributed by atoms with Gasteiger partial charge in [-0.1, -0.05) is 0 Å². The van der Waals surface area contributed by atoms with Crippen LogP contribution in [0.15, 0.2) is 18.3 Å². The molecule has 2 saturated carbocycles. The molecule has 0 radical (unpaired) electrons. The van der Waals surface area contributed by atoms with E-state index in [1.54, 1.807) is 0 Å². The number of hydrogen-bond acceptors (Lipinski definition) is 5. The molecule has 3 heterocycles. The second-order valence-electron chi connectivity index (χ2n) is 9.63. The van der Waals surface area contributed by atoms with Gasteiger partial charge in [-0.15, -0.1) is 0 Å². The Morgan fingerprint density at radius 2 is 1.87 bits per heavy atom. The van der Waals surface area contributed by atoms with Crippen molar-refractivity contribution in [3.8, 4) is 11.3 Å². The van der Waals surface area contributed by atoms with E-state index in [1.165, 1.54) is 6.20 Å². The smallest absolute Gasteiger partial charge is 0.396 e. The van der Waals surface area contributed by atoms with Crippen LogP contribution >= 0.6 is 0 Å². The molecule has 31 heavy (non-hydrogen) atoms. The van der Waals surface area contributed by atoms with Crippen molar-refractivity contribution in [1.29, 1.82) is 0 Å². The fourth-order valence-corrected chi connectivity index (χ4v) is 5.63. The predicted octanol–water partition coefficient (Wildman–Crippen LogP) is 3.54. The average molecular weight is 435 g/mol. The topological polar surface area (TPSA) is 80.2 Å². The number of pyridine rings is 1. The number of aliphatic hydroxyl groups is 1. The number of hydrogen-bond donors (Lipinski definition) is 2. The number of nitrogens with zero attached hydrogens (tertiary/aromatic N) is 4. The van der Waals surface area contributed by atoms with E-state index in [0.29, 0.717) is 41.0 Å². The molecule has 2 aromatic heterocycles. The predicted molar refractivity (Wildman–Crippen MR) is 110 cm³/mol. The number of halogens is 3. The number of anilines is 1. The van der Waals surface area contributed by atoms with Gasteiger partial charge in [0.2, 0.25) is 0 Å². The van der Waals surface area contributed by atoms with Crippen molar-refractivity contribution in [3.05, 3.63) is 29.6 Å². The van der Waals surface area contributed by atoms with Crippen molar-refractivity contribution < 1.29 is 18.3 Å². The van der Waals surface area contributed by atoms with E-state index >= 15 is 0 Å². The maximum atomic E-state index is 13.3. The fourth-order valence-electron chi connectivity index (χ4n) is 5.63. The van der Waals surface area contributed by atoms with Crippen LogP contribution in [0.25, 0.3) is 11.3 Å². The molecule has 3 fully saturated rings. The van der Waals surface area contributed by atoms with Crippen LogP contribution in [0.3, 0.4) is 0 Å². The lowest BCUT2D eigenvalue weighted by Gasteiger charge is -2.43. The summed E-state index contributed by atoms with van der Waals surface area (Å²) in [7, 11) is 0. The third kappa shape index (κ3) is 3.51. The molecule has 0 spiro atoms. The summed E-state index contributed by atoms with van der Waals surface area (Å²) in [5.74, 6) is 1.54. The number of alkyl halides is 3. The molecule has 0 bridgehead atoms. The van der Waals surface area contributed by atoms with Crippen LogP contribution in [0.5, 0.6) is 0 Å². The van der Waals surface area contributed by atoms with Crippen LogP contribution in [-0.4, -0.2) is 50.5 Å². The number of fused-ring (bicyclic) bond motifs is 1. The average Bonchev–Trinajstić information content (AvgIpc) is 3.03. The van der Waals surface area contributed by atoms with Gasteiger partial charge in [-0.3, -0.25) is 9.58 Å². The van der Waals surface area contributed by atoms with Crippen LogP contribution in [0, 0.1) is 17.8 Å². The Bertz CT molecular complexity index is 970. The molecular formula is C22H28F3N5O. The summed E-state index contributed by atoms with van der Waals surface area (Å²) in [5.41, 5.74) is 6.49. The number of aliphatic hydroxyl groups excluding tert-OH is 1. The molecule has 0 unspecified atom stereocenters. The zero-order valence-electron chi connectivity index (χ0n) is 17.7. The van der Waals surface area contributed by atoms with Crippen molar-refractivity contribution in [3.63, 3.8) is 0 Å². The molecule has 2 aliphatic carbocycles. The molecular weight excluding hydrogens is 407 g/mol. The highest BCUT2D eigenvalue weighted by Crippen LogP contribution is 2.64. The monoisotopic (exact) mass is 435 g/mol. The third-order valence-electron chi connectivity index (χ3n) is 7.30. The molecule has 168 valence electrons. The number of likely N-dealkylation sites (tertiary alicyclic amines) is 1. The van der Waals surface area contributed by atoms with Gasteiger partial charge in [0.15, 0.2) is 0 Å². The van der Waals surface area contributed by atoms with Gasteiger partial charge in [-0.25, -0.2) is 4.98 Å². The first-order valence-electron chi connectivity index (χ1n) is 10.9. The van der Waals surface area contributed by atoms with Crippen molar-refractivity contribution in [2.45, 2.75) is 50.9 Å². The lowest BCUT2D eigenvalue weighted by molar-refractivity contribution is -0.137. The highest BCUT2D eigenvalue weighted by atomic mass is 19.4. The van der Waals surface area contributed by atoms with Gasteiger partial charge in [0.1, 0.15) is 5.82 Å². The molecule has 0 aromatic carbocycles. The molecule has 4 atom stereocenters. The Morgan fingerprint density at radius 1 is 1.19 bits per heavy atom. The molecule has 5 rings (SSSR count). The van der Waals surface area contributed by atoms with E-state index in [2.05, 4.69) is 15.0 Å². The Morgan fingerprint density at radius 3 is 2.45 bits per heavy atom. The lowest BCUT2D eigenvalue weighted by atomic mass is 9.94. The summed E-state index contributed by atoms with van der Waals surface area (Å²) in [6.07, 6.45) is -0.890. The molecule has 6 nitrogen and oxygen atoms in total. The van der Waals surface area contributed by atoms with Gasteiger partial charge in [-0.2, -0.15) is 18.3 Å². The van der Waals surface area contributed by atoms with Gasteiger partial charge < -0.3 is 10.8 Å². The number of nitrogen functional groups attached to an aromatic ring is 1. The highest BCUT2D eigenvalue weighted by molar-refractivity contribution is 5.63. The van der Waals surface area contributed by atoms with E-state index < -0.39 is 17.6 Å². The van der Waals surface area contributed by atoms with E-state index in [0.717, 1.165) is 37.7 Å². The van der Waals surface area contributed by atoms with Gasteiger partial charge in [0.05, 0.1) is 11.3 Å². The summed E-state index contributed by atoms with van der Waals surface area (Å²) in [5, 5.41) is 13.9. The minimum Gasteiger partial charge on any atom is -0.396 e. The molecule has 2 aromatic rings. The normalized spacial score (nSPS) is 28.7. The van der Waals surface area contributed by atoms with Crippen molar-refractivity contribution in [1.82, 2.24) is 19.7 Å². The van der Waals surface area contributed by atoms with Crippen molar-refractivity contribution in [2.24, 2.45) is 17.8 Å². The maximum Gasteiger partial charge on any atom is 0.419 e. The Balaban J connectivity index is 1.37. The third-order valence-corrected chi connectivity index (χ3v) is 7.30. The molecule has 3 aliphatic rings. The highest BCUT2D eigenvalue weighted by Gasteiger charge is 2.59. The van der Waals surface area contributed by atoms with Crippen LogP contribution in [0.4, 0.5) is 19.0 Å². The summed E-state index contributed by atoms with van der Waals surface area (Å²) in [4.78, 5) is 6.25. The first-order chi connectivity index (χ1) is 14.7. The summed E-state index contributed by atoms with van der Waals surface area (Å²) in [6.45, 7) is 6.33. The molecule has 0 amide bonds. The molecule has 9 heteroatoms. The van der Waals surface area contributed by atoms with Crippen molar-refractivity contribution >= 4 is 5.82 Å². The summed E-state index contributed by atoms with van der Waals surface area (Å²) in [6, 6.07) is 3.70.